The average Bonchev–Trinajstić information content (AvgIpc) is 2.74. The van der Waals surface area contributed by atoms with Gasteiger partial charge in [0.05, 0.1) is 35.4 Å². The normalized spacial score (nSPS) is 18.6. The van der Waals surface area contributed by atoms with Crippen LogP contribution in [0.25, 0.3) is 0 Å². The summed E-state index contributed by atoms with van der Waals surface area (Å²) >= 11 is 0. The summed E-state index contributed by atoms with van der Waals surface area (Å²) in [6, 6.07) is 10.5. The molecule has 1 unspecified atom stereocenters. The Bertz CT molecular complexity index is 968. The molecular weight excluding hydrogens is 368 g/mol. The molecule has 1 aromatic carbocycles. The molecule has 0 spiro atoms. The summed E-state index contributed by atoms with van der Waals surface area (Å²) in [6.07, 6.45) is 1.61. The molecule has 150 valence electrons. The van der Waals surface area contributed by atoms with Crippen LogP contribution in [0.5, 0.6) is 0 Å². The van der Waals surface area contributed by atoms with E-state index in [1.54, 1.807) is 13.1 Å². The summed E-state index contributed by atoms with van der Waals surface area (Å²) in [5, 5.41) is 20.4. The molecule has 2 amide bonds. The number of hydrogen-bond acceptors (Lipinski definition) is 7. The van der Waals surface area contributed by atoms with Crippen LogP contribution < -0.4 is 21.8 Å². The first kappa shape index (κ1) is 20.0. The van der Waals surface area contributed by atoms with Crippen molar-refractivity contribution in [2.45, 2.75) is 25.9 Å². The molecule has 0 radical (unpaired) electrons. The highest BCUT2D eigenvalue weighted by molar-refractivity contribution is 6.41. The molecule has 1 aliphatic heterocycles. The van der Waals surface area contributed by atoms with Crippen molar-refractivity contribution in [1.29, 1.82) is 5.41 Å². The van der Waals surface area contributed by atoms with E-state index >= 15 is 0 Å². The van der Waals surface area contributed by atoms with Crippen LogP contribution in [0, 0.1) is 5.41 Å². The van der Waals surface area contributed by atoms with Gasteiger partial charge in [0, 0.05) is 25.2 Å². The molecule has 2 aromatic rings. The lowest BCUT2D eigenvalue weighted by Gasteiger charge is -2.21. The number of nitrogens with two attached hydrogens (primary N) is 1. The lowest BCUT2D eigenvalue weighted by Crippen LogP contribution is -2.35. The van der Waals surface area contributed by atoms with Crippen molar-refractivity contribution in [3.63, 3.8) is 0 Å². The van der Waals surface area contributed by atoms with Crippen LogP contribution in [0.2, 0.25) is 0 Å². The van der Waals surface area contributed by atoms with E-state index in [2.05, 4.69) is 31.0 Å². The first-order chi connectivity index (χ1) is 14.0. The van der Waals surface area contributed by atoms with Gasteiger partial charge in [0.25, 0.3) is 0 Å². The van der Waals surface area contributed by atoms with Crippen molar-refractivity contribution in [2.75, 3.05) is 17.7 Å². The van der Waals surface area contributed by atoms with Crippen molar-refractivity contribution in [2.24, 2.45) is 15.9 Å². The summed E-state index contributed by atoms with van der Waals surface area (Å²) in [7, 11) is 1.75. The third-order valence-corrected chi connectivity index (χ3v) is 4.72. The van der Waals surface area contributed by atoms with E-state index in [-0.39, 0.29) is 12.6 Å². The lowest BCUT2D eigenvalue weighted by molar-refractivity contribution is 0.248. The minimum atomic E-state index is -0.406. The van der Waals surface area contributed by atoms with Gasteiger partial charge in [0.1, 0.15) is 5.82 Å². The fraction of sp³-hybridized carbons (Fsp3) is 0.250. The van der Waals surface area contributed by atoms with Gasteiger partial charge in [-0.15, -0.1) is 0 Å². The number of carbonyl (C=O) groups is 1. The smallest absolute Gasteiger partial charge is 0.320 e. The highest BCUT2D eigenvalue weighted by atomic mass is 16.2. The number of carbonyl (C=O) groups excluding carboxylic acids is 1. The molecular formula is C20H24N8O. The summed E-state index contributed by atoms with van der Waals surface area (Å²) in [4.78, 5) is 21.8. The second kappa shape index (κ2) is 8.96. The molecule has 9 nitrogen and oxygen atoms in total. The third kappa shape index (κ3) is 4.57. The minimum absolute atomic E-state index is 0.259. The maximum atomic E-state index is 12.7. The number of amides is 2. The van der Waals surface area contributed by atoms with E-state index in [4.69, 9.17) is 11.3 Å². The first-order valence-electron chi connectivity index (χ1n) is 9.18. The summed E-state index contributed by atoms with van der Waals surface area (Å²) < 4.78 is 0. The van der Waals surface area contributed by atoms with Gasteiger partial charge < -0.3 is 21.9 Å². The van der Waals surface area contributed by atoms with Crippen LogP contribution in [0.3, 0.4) is 0 Å². The molecule has 2 bridgehead atoms. The van der Waals surface area contributed by atoms with Gasteiger partial charge >= 0.3 is 6.03 Å². The number of rotatable bonds is 3. The van der Waals surface area contributed by atoms with Gasteiger partial charge in [0.15, 0.2) is 0 Å². The molecule has 29 heavy (non-hydrogen) atoms. The molecule has 2 heterocycles. The standard InChI is InChI=1S/C20H24N8O/c1-12-15(28-22)9-16(13-6-4-3-5-7-13)26-20(29)27-18-8-14(10-21)19(23-2)17(25-18)11-24-12/h3-8,10,16,21,23H,9,11,22H2,1-2H3,(H2,25,26,27,29). The zero-order chi connectivity index (χ0) is 20.8. The number of hydrogen-bond donors (Lipinski definition) is 5. The summed E-state index contributed by atoms with van der Waals surface area (Å²) in [6.45, 7) is 2.09. The van der Waals surface area contributed by atoms with E-state index in [1.807, 2.05) is 37.3 Å². The van der Waals surface area contributed by atoms with E-state index in [0.717, 1.165) is 5.56 Å². The maximum Gasteiger partial charge on any atom is 0.320 e. The Morgan fingerprint density at radius 3 is 2.76 bits per heavy atom. The monoisotopic (exact) mass is 392 g/mol. The third-order valence-electron chi connectivity index (χ3n) is 4.72. The number of aliphatic imine (C=N–C) groups is 1. The summed E-state index contributed by atoms with van der Waals surface area (Å²) in [5.41, 5.74) is 4.08. The quantitative estimate of drug-likeness (QED) is 0.311. The van der Waals surface area contributed by atoms with E-state index in [9.17, 15) is 4.79 Å². The van der Waals surface area contributed by atoms with Crippen LogP contribution in [0.1, 0.15) is 36.2 Å². The predicted molar refractivity (Wildman–Crippen MR) is 116 cm³/mol. The summed E-state index contributed by atoms with van der Waals surface area (Å²) in [5.74, 6) is 5.98. The molecule has 0 fully saturated rings. The molecule has 1 aromatic heterocycles. The predicted octanol–water partition coefficient (Wildman–Crippen LogP) is 2.66. The van der Waals surface area contributed by atoms with Crippen molar-refractivity contribution in [1.82, 2.24) is 10.3 Å². The number of anilines is 2. The Balaban J connectivity index is 2.07. The number of fused-ring (bicyclic) bond motifs is 2. The van der Waals surface area contributed by atoms with Crippen molar-refractivity contribution < 1.29 is 4.79 Å². The first-order valence-corrected chi connectivity index (χ1v) is 9.18. The molecule has 9 heteroatoms. The molecule has 0 saturated heterocycles. The van der Waals surface area contributed by atoms with Crippen LogP contribution in [-0.2, 0) is 6.54 Å². The molecule has 1 aliphatic rings. The van der Waals surface area contributed by atoms with Crippen LogP contribution >= 0.6 is 0 Å². The SMILES string of the molecule is CNc1c(C=N)cc2nc1CN=C(C)C(=NN)CC(c1ccccc1)NC(=O)N2. The van der Waals surface area contributed by atoms with Crippen LogP contribution in [0.15, 0.2) is 46.5 Å². The number of pyridine rings is 1. The highest BCUT2D eigenvalue weighted by Crippen LogP contribution is 2.24. The number of nitrogens with one attached hydrogen (secondary N) is 4. The molecule has 1 atom stereocenters. The highest BCUT2D eigenvalue weighted by Gasteiger charge is 2.21. The Kier molecular flexibility index (Phi) is 6.18. The van der Waals surface area contributed by atoms with Gasteiger partial charge in [-0.25, -0.2) is 9.78 Å². The average molecular weight is 392 g/mol. The zero-order valence-electron chi connectivity index (χ0n) is 16.4. The zero-order valence-corrected chi connectivity index (χ0v) is 16.4. The Morgan fingerprint density at radius 1 is 1.34 bits per heavy atom. The largest absolute Gasteiger partial charge is 0.386 e. The van der Waals surface area contributed by atoms with E-state index < -0.39 is 6.03 Å². The minimum Gasteiger partial charge on any atom is -0.386 e. The van der Waals surface area contributed by atoms with E-state index in [0.29, 0.717) is 40.6 Å². The van der Waals surface area contributed by atoms with Crippen molar-refractivity contribution in [3.05, 3.63) is 53.2 Å². The Hall–Kier alpha value is -3.75. The number of hydrazone groups is 1. The van der Waals surface area contributed by atoms with Gasteiger partial charge in [-0.3, -0.25) is 10.3 Å². The van der Waals surface area contributed by atoms with Gasteiger partial charge in [-0.05, 0) is 18.6 Å². The van der Waals surface area contributed by atoms with Crippen LogP contribution in [0.4, 0.5) is 16.3 Å². The van der Waals surface area contributed by atoms with Gasteiger partial charge in [-0.2, -0.15) is 5.10 Å². The van der Waals surface area contributed by atoms with Crippen molar-refractivity contribution >= 4 is 35.2 Å². The second-order valence-corrected chi connectivity index (χ2v) is 6.56. The Morgan fingerprint density at radius 2 is 2.10 bits per heavy atom. The van der Waals surface area contributed by atoms with Crippen LogP contribution in [-0.4, -0.2) is 35.7 Å². The fourth-order valence-corrected chi connectivity index (χ4v) is 3.22. The second-order valence-electron chi connectivity index (χ2n) is 6.56. The number of nitrogens with zero attached hydrogens (tertiary/aromatic N) is 3. The topological polar surface area (TPSA) is 141 Å². The molecule has 6 N–H and O–H groups in total. The van der Waals surface area contributed by atoms with Crippen molar-refractivity contribution in [3.8, 4) is 0 Å². The number of aromatic nitrogens is 1. The molecule has 3 rings (SSSR count). The number of urea groups is 1. The molecule has 0 aliphatic carbocycles. The Labute approximate surface area is 169 Å². The number of benzene rings is 1. The lowest BCUT2D eigenvalue weighted by atomic mass is 9.99. The van der Waals surface area contributed by atoms with E-state index in [1.165, 1.54) is 6.21 Å². The molecule has 0 saturated carbocycles. The van der Waals surface area contributed by atoms with Gasteiger partial charge in [0.2, 0.25) is 0 Å². The maximum absolute atomic E-state index is 12.7. The van der Waals surface area contributed by atoms with Gasteiger partial charge in [-0.1, -0.05) is 30.3 Å². The fourth-order valence-electron chi connectivity index (χ4n) is 3.22.